The van der Waals surface area contributed by atoms with Crippen molar-refractivity contribution in [2.45, 2.75) is 4.83 Å². The molecule has 0 saturated carbocycles. The van der Waals surface area contributed by atoms with Gasteiger partial charge >= 0.3 is 148 Å². The molecule has 6 nitrogen and oxygen atoms in total. The van der Waals surface area contributed by atoms with Crippen molar-refractivity contribution in [3.8, 4) is 11.3 Å². The summed E-state index contributed by atoms with van der Waals surface area (Å²) in [6.45, 7) is 2.98. The van der Waals surface area contributed by atoms with Crippen LogP contribution in [0.2, 0.25) is 5.02 Å². The van der Waals surface area contributed by atoms with E-state index in [-0.39, 0.29) is 0 Å². The van der Waals surface area contributed by atoms with E-state index >= 15 is 0 Å². The third-order valence-electron chi connectivity index (χ3n) is 4.31. The van der Waals surface area contributed by atoms with Gasteiger partial charge in [0.1, 0.15) is 0 Å². The molecule has 1 aromatic carbocycles. The van der Waals surface area contributed by atoms with Crippen molar-refractivity contribution in [1.82, 2.24) is 24.8 Å². The number of hydrogen-bond acceptors (Lipinski definition) is 6. The standard InChI is InChI=1S/C17H18AsClN6/c1-24-6-7-25(15(18)10-24)17-21-9-14-16(23-17)20-8-13(22-14)11-2-4-12(19)5-3-11/h2-5,8-9,15H,6-7,10,18H2,1H3. The van der Waals surface area contributed by atoms with Gasteiger partial charge in [-0.05, 0) is 0 Å². The fraction of sp³-hybridized carbons (Fsp3) is 0.294. The van der Waals surface area contributed by atoms with E-state index in [9.17, 15) is 0 Å². The molecule has 1 aliphatic heterocycles. The molecule has 0 spiro atoms. The van der Waals surface area contributed by atoms with Crippen LogP contribution in [0.5, 0.6) is 0 Å². The number of fused-ring (bicyclic) bond motifs is 1. The maximum absolute atomic E-state index is 5.94. The summed E-state index contributed by atoms with van der Waals surface area (Å²) in [7, 11) is 2.15. The van der Waals surface area contributed by atoms with E-state index in [1.165, 1.54) is 0 Å². The zero-order chi connectivity index (χ0) is 17.4. The van der Waals surface area contributed by atoms with Gasteiger partial charge in [0.15, 0.2) is 0 Å². The van der Waals surface area contributed by atoms with E-state index in [0.29, 0.717) is 21.0 Å². The van der Waals surface area contributed by atoms with Crippen molar-refractivity contribution < 1.29 is 0 Å². The maximum atomic E-state index is 5.94. The fourth-order valence-electron chi connectivity index (χ4n) is 2.91. The number of rotatable bonds is 2. The summed E-state index contributed by atoms with van der Waals surface area (Å²) in [5.41, 5.74) is 3.08. The van der Waals surface area contributed by atoms with Gasteiger partial charge in [-0.2, -0.15) is 0 Å². The number of hydrogen-bond donors (Lipinski definition) is 0. The van der Waals surface area contributed by atoms with Gasteiger partial charge in [-0.1, -0.05) is 11.6 Å². The minimum atomic E-state index is 0.435. The molecule has 128 valence electrons. The van der Waals surface area contributed by atoms with E-state index in [2.05, 4.69) is 36.8 Å². The number of anilines is 1. The zero-order valence-electron chi connectivity index (χ0n) is 13.8. The van der Waals surface area contributed by atoms with Gasteiger partial charge in [0.2, 0.25) is 0 Å². The normalized spacial score (nSPS) is 18.7. The van der Waals surface area contributed by atoms with Crippen molar-refractivity contribution in [2.75, 3.05) is 31.6 Å². The van der Waals surface area contributed by atoms with Crippen molar-refractivity contribution in [2.24, 2.45) is 0 Å². The first kappa shape index (κ1) is 16.7. The van der Waals surface area contributed by atoms with Crippen LogP contribution in [0.25, 0.3) is 22.4 Å². The van der Waals surface area contributed by atoms with E-state index in [1.54, 1.807) is 29.2 Å². The Bertz CT molecular complexity index is 903. The third kappa shape index (κ3) is 3.47. The average Bonchev–Trinajstić information content (AvgIpc) is 2.61. The quantitative estimate of drug-likeness (QED) is 0.589. The van der Waals surface area contributed by atoms with Crippen LogP contribution in [0.1, 0.15) is 0 Å². The summed E-state index contributed by atoms with van der Waals surface area (Å²) in [5.74, 6) is 0.739. The molecular weight excluding hydrogens is 399 g/mol. The Balaban J connectivity index is 1.66. The Morgan fingerprint density at radius 2 is 1.88 bits per heavy atom. The van der Waals surface area contributed by atoms with Crippen LogP contribution in [0, 0.1) is 0 Å². The second kappa shape index (κ2) is 6.87. The summed E-state index contributed by atoms with van der Waals surface area (Å²) >= 11 is 7.63. The van der Waals surface area contributed by atoms with E-state index in [0.717, 1.165) is 36.8 Å². The first-order valence-electron chi connectivity index (χ1n) is 8.07. The van der Waals surface area contributed by atoms with Crippen LogP contribution >= 0.6 is 11.6 Å². The molecule has 1 saturated heterocycles. The predicted molar refractivity (Wildman–Crippen MR) is 103 cm³/mol. The molecule has 0 N–H and O–H groups in total. The molecule has 2 atom stereocenters. The van der Waals surface area contributed by atoms with Crippen molar-refractivity contribution in [3.63, 3.8) is 0 Å². The molecule has 1 aliphatic rings. The molecule has 25 heavy (non-hydrogen) atoms. The van der Waals surface area contributed by atoms with Crippen molar-refractivity contribution in [1.29, 1.82) is 0 Å². The average molecular weight is 417 g/mol. The molecule has 0 radical (unpaired) electrons. The molecule has 3 aromatic rings. The minimum absolute atomic E-state index is 0.435. The number of likely N-dealkylation sites (N-methyl/N-ethyl adjacent to an activating group) is 1. The van der Waals surface area contributed by atoms with Crippen LogP contribution < -0.4 is 4.90 Å². The summed E-state index contributed by atoms with van der Waals surface area (Å²) in [6, 6.07) is 7.56. The Labute approximate surface area is 159 Å². The molecule has 2 aromatic heterocycles. The Hall–Kier alpha value is -1.75. The molecule has 0 amide bonds. The van der Waals surface area contributed by atoms with E-state index in [1.807, 2.05) is 24.3 Å². The monoisotopic (exact) mass is 416 g/mol. The number of piperazine rings is 1. The number of benzene rings is 1. The van der Waals surface area contributed by atoms with Gasteiger partial charge in [-0.3, -0.25) is 0 Å². The van der Waals surface area contributed by atoms with Crippen LogP contribution in [0.15, 0.2) is 36.7 Å². The first-order chi connectivity index (χ1) is 12.1. The van der Waals surface area contributed by atoms with Gasteiger partial charge in [0.25, 0.3) is 0 Å². The van der Waals surface area contributed by atoms with E-state index in [4.69, 9.17) is 11.6 Å². The van der Waals surface area contributed by atoms with Crippen molar-refractivity contribution in [3.05, 3.63) is 41.7 Å². The zero-order valence-corrected chi connectivity index (χ0v) is 17.0. The summed E-state index contributed by atoms with van der Waals surface area (Å²) in [6.07, 6.45) is 3.52. The second-order valence-corrected chi connectivity index (χ2v) is 8.21. The summed E-state index contributed by atoms with van der Waals surface area (Å²) < 4.78 is 0. The Morgan fingerprint density at radius 3 is 2.64 bits per heavy atom. The molecule has 8 heteroatoms. The van der Waals surface area contributed by atoms with Crippen LogP contribution in [-0.2, 0) is 0 Å². The summed E-state index contributed by atoms with van der Waals surface area (Å²) in [4.78, 5) is 23.3. The Morgan fingerprint density at radius 1 is 1.08 bits per heavy atom. The molecule has 1 fully saturated rings. The van der Waals surface area contributed by atoms with Crippen molar-refractivity contribution >= 4 is 45.6 Å². The topological polar surface area (TPSA) is 58.0 Å². The van der Waals surface area contributed by atoms with Gasteiger partial charge in [-0.25, -0.2) is 0 Å². The van der Waals surface area contributed by atoms with Gasteiger partial charge in [0, 0.05) is 0 Å². The second-order valence-electron chi connectivity index (χ2n) is 6.16. The molecule has 2 unspecified atom stereocenters. The number of halogens is 1. The number of nitrogens with zero attached hydrogens (tertiary/aromatic N) is 6. The fourth-order valence-corrected chi connectivity index (χ4v) is 4.39. The molecule has 0 aliphatic carbocycles. The molecule has 0 bridgehead atoms. The Kier molecular flexibility index (Phi) is 4.59. The van der Waals surface area contributed by atoms with Gasteiger partial charge in [0.05, 0.1) is 0 Å². The van der Waals surface area contributed by atoms with E-state index < -0.39 is 0 Å². The van der Waals surface area contributed by atoms with Gasteiger partial charge < -0.3 is 0 Å². The van der Waals surface area contributed by atoms with Crippen LogP contribution in [-0.4, -0.2) is 73.2 Å². The molecular formula is C17H18AsClN6. The number of aromatic nitrogens is 4. The predicted octanol–water partition coefficient (Wildman–Crippen LogP) is 1.45. The SMILES string of the molecule is CN1CCN(c2ncc3nc(-c4ccc(Cl)cc4)cnc3n2)C([AsH2])C1. The third-order valence-corrected chi connectivity index (χ3v) is 5.76. The van der Waals surface area contributed by atoms with Crippen LogP contribution in [0.3, 0.4) is 0 Å². The van der Waals surface area contributed by atoms with Gasteiger partial charge in [-0.15, -0.1) is 0 Å². The molecule has 3 heterocycles. The summed E-state index contributed by atoms with van der Waals surface area (Å²) in [5, 5.41) is 0.702. The molecule has 4 rings (SSSR count). The first-order valence-corrected chi connectivity index (χ1v) is 9.84. The van der Waals surface area contributed by atoms with Crippen LogP contribution in [0.4, 0.5) is 5.95 Å².